The zero-order chi connectivity index (χ0) is 17.1. The number of rotatable bonds is 6. The zero-order valence-corrected chi connectivity index (χ0v) is 14.4. The fraction of sp³-hybridized carbons (Fsp3) is 0.471. The van der Waals surface area contributed by atoms with E-state index >= 15 is 0 Å². The maximum atomic E-state index is 12.9. The average Bonchev–Trinajstić information content (AvgIpc) is 3.08. The van der Waals surface area contributed by atoms with Crippen molar-refractivity contribution in [3.05, 3.63) is 34.6 Å². The van der Waals surface area contributed by atoms with Crippen LogP contribution in [0, 0.1) is 0 Å². The van der Waals surface area contributed by atoms with Crippen molar-refractivity contribution in [2.75, 3.05) is 6.61 Å². The Hall–Kier alpha value is -1.86. The molecule has 0 saturated carbocycles. The summed E-state index contributed by atoms with van der Waals surface area (Å²) >= 11 is 1.26. The average molecular weight is 347 g/mol. The Kier molecular flexibility index (Phi) is 5.20. The summed E-state index contributed by atoms with van der Waals surface area (Å²) in [6.45, 7) is 3.07. The monoisotopic (exact) mass is 347 g/mol. The van der Waals surface area contributed by atoms with Gasteiger partial charge >= 0.3 is 0 Å². The molecule has 2 unspecified atom stereocenters. The van der Waals surface area contributed by atoms with Gasteiger partial charge in [0.2, 0.25) is 5.91 Å². The van der Waals surface area contributed by atoms with Crippen LogP contribution in [0.1, 0.15) is 26.2 Å². The molecule has 24 heavy (non-hydrogen) atoms. The minimum absolute atomic E-state index is 0.0127. The highest BCUT2D eigenvalue weighted by atomic mass is 32.2. The van der Waals surface area contributed by atoms with E-state index in [1.807, 2.05) is 25.1 Å². The lowest BCUT2D eigenvalue weighted by Gasteiger charge is -2.18. The maximum Gasteiger partial charge on any atom is 0.262 e. The maximum absolute atomic E-state index is 12.9. The van der Waals surface area contributed by atoms with Crippen molar-refractivity contribution < 1.29 is 9.53 Å². The second-order valence-corrected chi connectivity index (χ2v) is 7.05. The van der Waals surface area contributed by atoms with Gasteiger partial charge in [0.25, 0.3) is 5.56 Å². The summed E-state index contributed by atoms with van der Waals surface area (Å²) in [5, 5.41) is 0.695. The third-order valence-corrected chi connectivity index (χ3v) is 5.55. The largest absolute Gasteiger partial charge is 0.376 e. The molecule has 3 rings (SSSR count). The van der Waals surface area contributed by atoms with Crippen LogP contribution in [-0.4, -0.2) is 33.4 Å². The molecule has 128 valence electrons. The van der Waals surface area contributed by atoms with Gasteiger partial charge in [0.15, 0.2) is 5.16 Å². The topological polar surface area (TPSA) is 87.2 Å². The van der Waals surface area contributed by atoms with Crippen LogP contribution in [0.15, 0.2) is 34.2 Å². The van der Waals surface area contributed by atoms with Gasteiger partial charge in [0.1, 0.15) is 0 Å². The van der Waals surface area contributed by atoms with Gasteiger partial charge in [-0.15, -0.1) is 0 Å². The Balaban J connectivity index is 2.06. The second kappa shape index (κ2) is 7.36. The van der Waals surface area contributed by atoms with Crippen LogP contribution in [0.25, 0.3) is 10.9 Å². The molecule has 1 fully saturated rings. The van der Waals surface area contributed by atoms with E-state index in [4.69, 9.17) is 10.5 Å². The predicted molar refractivity (Wildman–Crippen MR) is 94.1 cm³/mol. The summed E-state index contributed by atoms with van der Waals surface area (Å²) < 4.78 is 7.30. The number of primary amides is 1. The first kappa shape index (κ1) is 17.0. The number of hydrogen-bond acceptors (Lipinski definition) is 5. The standard InChI is InChI=1S/C17H21N3O3S/c1-2-14(15(18)21)24-17-19-13-8-4-3-7-12(13)16(22)20(17)10-11-6-5-9-23-11/h3-4,7-8,11,14H,2,5-6,9-10H2,1H3,(H2,18,21). The van der Waals surface area contributed by atoms with E-state index in [0.717, 1.165) is 19.4 Å². The predicted octanol–water partition coefficient (Wildman–Crippen LogP) is 1.93. The van der Waals surface area contributed by atoms with Crippen LogP contribution in [-0.2, 0) is 16.1 Å². The highest BCUT2D eigenvalue weighted by Gasteiger charge is 2.23. The minimum Gasteiger partial charge on any atom is -0.376 e. The summed E-state index contributed by atoms with van der Waals surface area (Å²) in [4.78, 5) is 29.1. The molecule has 1 aromatic heterocycles. The number of nitrogens with two attached hydrogens (primary N) is 1. The summed E-state index contributed by atoms with van der Waals surface area (Å²) in [5.41, 5.74) is 5.99. The molecule has 2 atom stereocenters. The van der Waals surface area contributed by atoms with Crippen LogP contribution in [0.2, 0.25) is 0 Å². The fourth-order valence-electron chi connectivity index (χ4n) is 2.86. The zero-order valence-electron chi connectivity index (χ0n) is 13.6. The number of fused-ring (bicyclic) bond motifs is 1. The molecule has 1 amide bonds. The molecule has 1 aliphatic heterocycles. The van der Waals surface area contributed by atoms with Crippen LogP contribution in [0.4, 0.5) is 0 Å². The number of thioether (sulfide) groups is 1. The lowest BCUT2D eigenvalue weighted by Crippen LogP contribution is -2.31. The highest BCUT2D eigenvalue weighted by Crippen LogP contribution is 2.25. The van der Waals surface area contributed by atoms with E-state index in [2.05, 4.69) is 4.98 Å². The third-order valence-electron chi connectivity index (χ3n) is 4.17. The lowest BCUT2D eigenvalue weighted by atomic mass is 10.2. The molecule has 0 bridgehead atoms. The van der Waals surface area contributed by atoms with Gasteiger partial charge in [-0.2, -0.15) is 0 Å². The molecular formula is C17H21N3O3S. The molecule has 7 heteroatoms. The normalized spacial score (nSPS) is 18.8. The Morgan fingerprint density at radius 3 is 2.96 bits per heavy atom. The number of benzene rings is 1. The van der Waals surface area contributed by atoms with Gasteiger partial charge < -0.3 is 10.5 Å². The number of amides is 1. The summed E-state index contributed by atoms with van der Waals surface area (Å²) in [6.07, 6.45) is 2.53. The van der Waals surface area contributed by atoms with Crippen molar-refractivity contribution >= 4 is 28.6 Å². The molecule has 1 aliphatic rings. The third kappa shape index (κ3) is 3.47. The second-order valence-electron chi connectivity index (χ2n) is 5.88. The number of aromatic nitrogens is 2. The Morgan fingerprint density at radius 1 is 1.50 bits per heavy atom. The Morgan fingerprint density at radius 2 is 2.29 bits per heavy atom. The summed E-state index contributed by atoms with van der Waals surface area (Å²) in [7, 11) is 0. The van der Waals surface area contributed by atoms with Crippen LogP contribution in [0.5, 0.6) is 0 Å². The first-order valence-electron chi connectivity index (χ1n) is 8.17. The number of ether oxygens (including phenoxy) is 1. The number of carbonyl (C=O) groups is 1. The van der Waals surface area contributed by atoms with E-state index in [1.165, 1.54) is 11.8 Å². The molecule has 2 heterocycles. The van der Waals surface area contributed by atoms with Crippen molar-refractivity contribution in [3.8, 4) is 0 Å². The number of para-hydroxylation sites is 1. The van der Waals surface area contributed by atoms with Gasteiger partial charge in [-0.05, 0) is 31.4 Å². The molecule has 1 saturated heterocycles. The SMILES string of the molecule is CCC(Sc1nc2ccccc2c(=O)n1CC1CCCO1)C(N)=O. The van der Waals surface area contributed by atoms with Crippen molar-refractivity contribution in [3.63, 3.8) is 0 Å². The lowest BCUT2D eigenvalue weighted by molar-refractivity contribution is -0.117. The van der Waals surface area contributed by atoms with Crippen LogP contribution < -0.4 is 11.3 Å². The molecule has 2 aromatic rings. The van der Waals surface area contributed by atoms with Crippen molar-refractivity contribution in [1.82, 2.24) is 9.55 Å². The van der Waals surface area contributed by atoms with Crippen LogP contribution >= 0.6 is 11.8 Å². The summed E-state index contributed by atoms with van der Waals surface area (Å²) in [5.74, 6) is -0.395. The quantitative estimate of drug-likeness (QED) is 0.637. The first-order valence-corrected chi connectivity index (χ1v) is 9.05. The minimum atomic E-state index is -0.409. The van der Waals surface area contributed by atoms with Crippen LogP contribution in [0.3, 0.4) is 0 Å². The molecule has 0 aliphatic carbocycles. The fourth-order valence-corrected chi connectivity index (χ4v) is 3.83. The molecule has 1 aromatic carbocycles. The van der Waals surface area contributed by atoms with Gasteiger partial charge in [-0.1, -0.05) is 30.8 Å². The van der Waals surface area contributed by atoms with Gasteiger partial charge in [0.05, 0.1) is 28.8 Å². The molecule has 2 N–H and O–H groups in total. The molecular weight excluding hydrogens is 326 g/mol. The Labute approximate surface area is 144 Å². The van der Waals surface area contributed by atoms with Gasteiger partial charge in [0, 0.05) is 6.61 Å². The van der Waals surface area contributed by atoms with E-state index in [-0.39, 0.29) is 11.7 Å². The smallest absolute Gasteiger partial charge is 0.262 e. The Bertz CT molecular complexity index is 799. The summed E-state index contributed by atoms with van der Waals surface area (Å²) in [6, 6.07) is 7.25. The number of carbonyl (C=O) groups excluding carboxylic acids is 1. The highest BCUT2D eigenvalue weighted by molar-refractivity contribution is 8.00. The van der Waals surface area contributed by atoms with Crippen molar-refractivity contribution in [2.45, 2.75) is 49.2 Å². The van der Waals surface area contributed by atoms with E-state index in [0.29, 0.717) is 29.0 Å². The molecule has 0 radical (unpaired) electrons. The van der Waals surface area contributed by atoms with E-state index < -0.39 is 11.2 Å². The van der Waals surface area contributed by atoms with E-state index in [1.54, 1.807) is 10.6 Å². The first-order chi connectivity index (χ1) is 11.6. The van der Waals surface area contributed by atoms with Crippen molar-refractivity contribution in [2.24, 2.45) is 5.73 Å². The van der Waals surface area contributed by atoms with Crippen molar-refractivity contribution in [1.29, 1.82) is 0 Å². The molecule has 6 nitrogen and oxygen atoms in total. The number of hydrogen-bond donors (Lipinski definition) is 1. The molecule has 0 spiro atoms. The van der Waals surface area contributed by atoms with Gasteiger partial charge in [-0.3, -0.25) is 14.2 Å². The van der Waals surface area contributed by atoms with E-state index in [9.17, 15) is 9.59 Å². The number of nitrogens with zero attached hydrogens (tertiary/aromatic N) is 2. The van der Waals surface area contributed by atoms with Gasteiger partial charge in [-0.25, -0.2) is 4.98 Å².